The van der Waals surface area contributed by atoms with Gasteiger partial charge in [-0.15, -0.1) is 0 Å². The fourth-order valence-corrected chi connectivity index (χ4v) is 2.46. The number of nitrogens with zero attached hydrogens (tertiary/aromatic N) is 1. The maximum absolute atomic E-state index is 11.5. The molecule has 2 heterocycles. The lowest BCUT2D eigenvalue weighted by Gasteiger charge is -2.23. The molecule has 0 aromatic carbocycles. The summed E-state index contributed by atoms with van der Waals surface area (Å²) in [6.45, 7) is 3.09. The maximum atomic E-state index is 11.5. The lowest BCUT2D eigenvalue weighted by molar-refractivity contribution is 0.392. The molecular weight excluding hydrogens is 228 g/mol. The van der Waals surface area contributed by atoms with E-state index >= 15 is 0 Å². The van der Waals surface area contributed by atoms with Crippen molar-refractivity contribution in [2.24, 2.45) is 5.92 Å². The van der Waals surface area contributed by atoms with Crippen LogP contribution in [0.25, 0.3) is 0 Å². The van der Waals surface area contributed by atoms with Crippen molar-refractivity contribution < 1.29 is 0 Å². The van der Waals surface area contributed by atoms with E-state index in [1.165, 1.54) is 12.8 Å². The largest absolute Gasteiger partial charge is 0.370 e. The first kappa shape index (κ1) is 11.7. The van der Waals surface area contributed by atoms with Crippen LogP contribution in [0.2, 0.25) is 0 Å². The molecular formula is C13H20N4O. The van der Waals surface area contributed by atoms with E-state index in [0.29, 0.717) is 11.8 Å². The Kier molecular flexibility index (Phi) is 3.32. The van der Waals surface area contributed by atoms with Crippen molar-refractivity contribution in [1.82, 2.24) is 15.3 Å². The summed E-state index contributed by atoms with van der Waals surface area (Å²) in [4.78, 5) is 18.9. The van der Waals surface area contributed by atoms with Gasteiger partial charge in [0.05, 0.1) is 0 Å². The highest BCUT2D eigenvalue weighted by atomic mass is 16.1. The SMILES string of the molecule is O=c1cc(NCC2CCCNC2)nc(C2CC2)[nH]1. The molecule has 2 aliphatic rings. The summed E-state index contributed by atoms with van der Waals surface area (Å²) in [7, 11) is 0. The van der Waals surface area contributed by atoms with Crippen molar-refractivity contribution in [1.29, 1.82) is 0 Å². The molecule has 3 N–H and O–H groups in total. The lowest BCUT2D eigenvalue weighted by atomic mass is 10.00. The van der Waals surface area contributed by atoms with Crippen LogP contribution in [-0.2, 0) is 0 Å². The predicted molar refractivity (Wildman–Crippen MR) is 70.9 cm³/mol. The molecule has 98 valence electrons. The third kappa shape index (κ3) is 2.90. The summed E-state index contributed by atoms with van der Waals surface area (Å²) in [6, 6.07) is 1.56. The summed E-state index contributed by atoms with van der Waals surface area (Å²) < 4.78 is 0. The zero-order valence-electron chi connectivity index (χ0n) is 10.5. The van der Waals surface area contributed by atoms with Crippen LogP contribution in [0.15, 0.2) is 10.9 Å². The first-order chi connectivity index (χ1) is 8.81. The zero-order valence-corrected chi connectivity index (χ0v) is 10.5. The van der Waals surface area contributed by atoms with Gasteiger partial charge in [0.2, 0.25) is 0 Å². The van der Waals surface area contributed by atoms with Crippen molar-refractivity contribution in [2.45, 2.75) is 31.6 Å². The highest BCUT2D eigenvalue weighted by Gasteiger charge is 2.26. The Bertz CT molecular complexity index is 460. The topological polar surface area (TPSA) is 69.8 Å². The van der Waals surface area contributed by atoms with Gasteiger partial charge in [0.15, 0.2) is 0 Å². The Balaban J connectivity index is 1.62. The van der Waals surface area contributed by atoms with E-state index in [0.717, 1.165) is 44.1 Å². The van der Waals surface area contributed by atoms with E-state index in [9.17, 15) is 4.79 Å². The van der Waals surface area contributed by atoms with Crippen LogP contribution in [0.1, 0.15) is 37.4 Å². The van der Waals surface area contributed by atoms with Crippen LogP contribution in [0.4, 0.5) is 5.82 Å². The molecule has 1 aromatic rings. The molecule has 5 heteroatoms. The molecule has 1 unspecified atom stereocenters. The predicted octanol–water partition coefficient (Wildman–Crippen LogP) is 1.06. The van der Waals surface area contributed by atoms with E-state index in [1.54, 1.807) is 6.07 Å². The number of aromatic amines is 1. The molecule has 1 saturated heterocycles. The number of hydrogen-bond acceptors (Lipinski definition) is 4. The normalized spacial score (nSPS) is 23.9. The third-order valence-electron chi connectivity index (χ3n) is 3.69. The molecule has 0 spiro atoms. The summed E-state index contributed by atoms with van der Waals surface area (Å²) in [5.41, 5.74) is -0.0452. The van der Waals surface area contributed by atoms with Gasteiger partial charge in [0, 0.05) is 18.5 Å². The van der Waals surface area contributed by atoms with Crippen LogP contribution in [-0.4, -0.2) is 29.6 Å². The fraction of sp³-hybridized carbons (Fsp3) is 0.692. The summed E-state index contributed by atoms with van der Waals surface area (Å²) in [5.74, 6) is 2.71. The number of piperidine rings is 1. The second-order valence-electron chi connectivity index (χ2n) is 5.38. The highest BCUT2D eigenvalue weighted by Crippen LogP contribution is 2.37. The van der Waals surface area contributed by atoms with E-state index in [2.05, 4.69) is 20.6 Å². The van der Waals surface area contributed by atoms with Crippen molar-refractivity contribution in [3.63, 3.8) is 0 Å². The first-order valence-corrected chi connectivity index (χ1v) is 6.87. The monoisotopic (exact) mass is 248 g/mol. The Labute approximate surface area is 106 Å². The Hall–Kier alpha value is -1.36. The van der Waals surface area contributed by atoms with Crippen LogP contribution in [0.5, 0.6) is 0 Å². The van der Waals surface area contributed by atoms with Crippen molar-refractivity contribution in [3.8, 4) is 0 Å². The average molecular weight is 248 g/mol. The van der Waals surface area contributed by atoms with E-state index in [1.807, 2.05) is 0 Å². The summed E-state index contributed by atoms with van der Waals surface area (Å²) in [5, 5.41) is 6.70. The lowest BCUT2D eigenvalue weighted by Crippen LogP contribution is -2.33. The van der Waals surface area contributed by atoms with Gasteiger partial charge in [-0.25, -0.2) is 4.98 Å². The van der Waals surface area contributed by atoms with Gasteiger partial charge >= 0.3 is 0 Å². The van der Waals surface area contributed by atoms with Crippen LogP contribution < -0.4 is 16.2 Å². The molecule has 0 bridgehead atoms. The van der Waals surface area contributed by atoms with E-state index in [-0.39, 0.29) is 5.56 Å². The molecule has 1 aromatic heterocycles. The van der Waals surface area contributed by atoms with Crippen LogP contribution in [0, 0.1) is 5.92 Å². The number of anilines is 1. The molecule has 0 radical (unpaired) electrons. The van der Waals surface area contributed by atoms with E-state index < -0.39 is 0 Å². The van der Waals surface area contributed by atoms with Gasteiger partial charge < -0.3 is 15.6 Å². The first-order valence-electron chi connectivity index (χ1n) is 6.87. The summed E-state index contributed by atoms with van der Waals surface area (Å²) >= 11 is 0. The van der Waals surface area contributed by atoms with Gasteiger partial charge in [-0.05, 0) is 44.7 Å². The van der Waals surface area contributed by atoms with Crippen molar-refractivity contribution >= 4 is 5.82 Å². The van der Waals surface area contributed by atoms with E-state index in [4.69, 9.17) is 0 Å². The van der Waals surface area contributed by atoms with Gasteiger partial charge in [-0.1, -0.05) is 0 Å². The second kappa shape index (κ2) is 5.10. The molecule has 2 fully saturated rings. The summed E-state index contributed by atoms with van der Waals surface area (Å²) in [6.07, 6.45) is 4.79. The van der Waals surface area contributed by atoms with Gasteiger partial charge in [-0.3, -0.25) is 4.79 Å². The smallest absolute Gasteiger partial charge is 0.252 e. The third-order valence-corrected chi connectivity index (χ3v) is 3.69. The molecule has 5 nitrogen and oxygen atoms in total. The van der Waals surface area contributed by atoms with Crippen LogP contribution in [0.3, 0.4) is 0 Å². The minimum Gasteiger partial charge on any atom is -0.370 e. The molecule has 1 atom stereocenters. The van der Waals surface area contributed by atoms with Gasteiger partial charge in [-0.2, -0.15) is 0 Å². The van der Waals surface area contributed by atoms with Gasteiger partial charge in [0.25, 0.3) is 5.56 Å². The Morgan fingerprint density at radius 3 is 3.00 bits per heavy atom. The Morgan fingerprint density at radius 1 is 1.39 bits per heavy atom. The molecule has 1 saturated carbocycles. The average Bonchev–Trinajstić information content (AvgIpc) is 3.21. The zero-order chi connectivity index (χ0) is 12.4. The second-order valence-corrected chi connectivity index (χ2v) is 5.38. The van der Waals surface area contributed by atoms with Crippen LogP contribution >= 0.6 is 0 Å². The Morgan fingerprint density at radius 2 is 2.28 bits per heavy atom. The quantitative estimate of drug-likeness (QED) is 0.745. The number of aromatic nitrogens is 2. The molecule has 1 aliphatic carbocycles. The number of nitrogens with one attached hydrogen (secondary N) is 3. The van der Waals surface area contributed by atoms with Gasteiger partial charge in [0.1, 0.15) is 11.6 Å². The molecule has 1 aliphatic heterocycles. The minimum atomic E-state index is -0.0452. The highest BCUT2D eigenvalue weighted by molar-refractivity contribution is 5.34. The molecule has 18 heavy (non-hydrogen) atoms. The number of rotatable bonds is 4. The molecule has 3 rings (SSSR count). The number of H-pyrrole nitrogens is 1. The number of hydrogen-bond donors (Lipinski definition) is 3. The maximum Gasteiger partial charge on any atom is 0.252 e. The minimum absolute atomic E-state index is 0.0452. The van der Waals surface area contributed by atoms with Crippen molar-refractivity contribution in [2.75, 3.05) is 25.0 Å². The molecule has 0 amide bonds. The fourth-order valence-electron chi connectivity index (χ4n) is 2.46. The standard InChI is InChI=1S/C13H20N4O/c18-12-6-11(16-13(17-12)10-3-4-10)15-8-9-2-1-5-14-7-9/h6,9-10,14H,1-5,7-8H2,(H2,15,16,17,18). The van der Waals surface area contributed by atoms with Crippen molar-refractivity contribution in [3.05, 3.63) is 22.2 Å².